The van der Waals surface area contributed by atoms with Gasteiger partial charge >= 0.3 is 27.7 Å². The maximum Gasteiger partial charge on any atom is 0.273 e. The van der Waals surface area contributed by atoms with Gasteiger partial charge < -0.3 is 16.9 Å². The monoisotopic (exact) mass is 476 g/mol. The van der Waals surface area contributed by atoms with Crippen molar-refractivity contribution in [2.24, 2.45) is 9.98 Å². The van der Waals surface area contributed by atoms with Crippen LogP contribution in [0, 0.1) is 7.43 Å². The maximum atomic E-state index is 5.71. The second-order valence-corrected chi connectivity index (χ2v) is 6.18. The SMILES string of the molecule is [CH3-].[Cl][Pd+].c1ccc(C[C@H]2COC(C3=N[C@@H](Cc4ccccc4)CO3)=N2)cc1. The minimum absolute atomic E-state index is 0. The second-order valence-electron chi connectivity index (χ2n) is 6.18. The van der Waals surface area contributed by atoms with Crippen LogP contribution in [-0.4, -0.2) is 37.1 Å². The summed E-state index contributed by atoms with van der Waals surface area (Å²) in [7, 11) is 4.49. The standard InChI is InChI=1S/C20H20N2O2.CH3.ClH.Pd/c1-3-7-15(8-4-1)11-17-13-23-19(21-17)20-22-18(14-24-20)12-16-9-5-2-6-10-16;;;/h1-10,17-18H,11-14H2;1H3;1H;/q;-1;;+2/p-1/t17-,18-;;;/m0.../s1. The van der Waals surface area contributed by atoms with E-state index in [0.717, 1.165) is 12.8 Å². The van der Waals surface area contributed by atoms with Crippen molar-refractivity contribution in [2.45, 2.75) is 24.9 Å². The summed E-state index contributed by atoms with van der Waals surface area (Å²) >= 11 is 2.22. The molecular formula is C21H23ClN2O2Pd. The molecule has 4 nitrogen and oxygen atoms in total. The Morgan fingerprint density at radius 1 is 0.741 bits per heavy atom. The number of rotatable bonds is 5. The Kier molecular flexibility index (Phi) is 9.00. The molecule has 0 amide bonds. The van der Waals surface area contributed by atoms with Crippen LogP contribution in [0.25, 0.3) is 0 Å². The van der Waals surface area contributed by atoms with E-state index >= 15 is 0 Å². The van der Waals surface area contributed by atoms with Gasteiger partial charge in [0.2, 0.25) is 0 Å². The molecule has 0 N–H and O–H groups in total. The maximum absolute atomic E-state index is 5.71. The number of ether oxygens (including phenoxy) is 2. The zero-order chi connectivity index (χ0) is 18.2. The molecule has 2 aromatic carbocycles. The van der Waals surface area contributed by atoms with Gasteiger partial charge in [-0.2, -0.15) is 0 Å². The second kappa shape index (κ2) is 11.2. The molecule has 2 atom stereocenters. The van der Waals surface area contributed by atoms with Crippen LogP contribution in [0.3, 0.4) is 0 Å². The fraction of sp³-hybridized carbons (Fsp3) is 0.286. The van der Waals surface area contributed by atoms with Gasteiger partial charge in [-0.1, -0.05) is 60.7 Å². The summed E-state index contributed by atoms with van der Waals surface area (Å²) in [6, 6.07) is 21.0. The first-order chi connectivity index (χ1) is 12.9. The summed E-state index contributed by atoms with van der Waals surface area (Å²) in [4.78, 5) is 9.29. The Hall–Kier alpha value is -1.67. The van der Waals surface area contributed by atoms with Gasteiger partial charge in [0.05, 0.1) is 12.1 Å². The van der Waals surface area contributed by atoms with Gasteiger partial charge in [0.15, 0.2) is 0 Å². The normalized spacial score (nSPS) is 20.3. The molecule has 0 saturated carbocycles. The topological polar surface area (TPSA) is 43.2 Å². The minimum Gasteiger partial charge on any atom is -0.472 e. The van der Waals surface area contributed by atoms with E-state index in [9.17, 15) is 0 Å². The molecule has 146 valence electrons. The van der Waals surface area contributed by atoms with E-state index < -0.39 is 0 Å². The summed E-state index contributed by atoms with van der Waals surface area (Å²) in [6.45, 7) is 1.19. The molecule has 0 fully saturated rings. The van der Waals surface area contributed by atoms with Gasteiger partial charge in [0.1, 0.15) is 13.2 Å². The summed E-state index contributed by atoms with van der Waals surface area (Å²) < 4.78 is 11.4. The third kappa shape index (κ3) is 6.17. The number of nitrogens with zero attached hydrogens (tertiary/aromatic N) is 2. The average Bonchev–Trinajstić information content (AvgIpc) is 3.35. The quantitative estimate of drug-likeness (QED) is 0.479. The number of benzene rings is 2. The molecule has 0 saturated heterocycles. The van der Waals surface area contributed by atoms with E-state index in [0.29, 0.717) is 25.0 Å². The van der Waals surface area contributed by atoms with Gasteiger partial charge in [-0.3, -0.25) is 0 Å². The fourth-order valence-corrected chi connectivity index (χ4v) is 3.05. The predicted molar refractivity (Wildman–Crippen MR) is 107 cm³/mol. The molecule has 2 heterocycles. The van der Waals surface area contributed by atoms with E-state index in [-0.39, 0.29) is 19.5 Å². The molecule has 2 aliphatic rings. The molecule has 0 unspecified atom stereocenters. The number of aliphatic imine (C=N–C) groups is 2. The molecule has 0 aromatic heterocycles. The van der Waals surface area contributed by atoms with Crippen molar-refractivity contribution in [1.82, 2.24) is 0 Å². The Bertz CT molecular complexity index is 688. The van der Waals surface area contributed by atoms with Crippen molar-refractivity contribution in [3.8, 4) is 0 Å². The van der Waals surface area contributed by atoms with Crippen LogP contribution in [0.2, 0.25) is 0 Å². The van der Waals surface area contributed by atoms with Gasteiger partial charge in [-0.15, -0.1) is 0 Å². The van der Waals surface area contributed by atoms with Gasteiger partial charge in [0.25, 0.3) is 11.8 Å². The molecule has 0 spiro atoms. The van der Waals surface area contributed by atoms with Crippen LogP contribution in [0.4, 0.5) is 0 Å². The largest absolute Gasteiger partial charge is 0.472 e. The van der Waals surface area contributed by atoms with Crippen LogP contribution < -0.4 is 0 Å². The molecule has 2 aromatic rings. The number of hydrogen-bond acceptors (Lipinski definition) is 4. The van der Waals surface area contributed by atoms with Crippen LogP contribution >= 0.6 is 9.53 Å². The van der Waals surface area contributed by atoms with E-state index in [1.165, 1.54) is 11.1 Å². The molecule has 27 heavy (non-hydrogen) atoms. The number of halogens is 1. The Morgan fingerprint density at radius 3 is 1.48 bits per heavy atom. The summed E-state index contributed by atoms with van der Waals surface area (Å²) in [6.07, 6.45) is 1.76. The predicted octanol–water partition coefficient (Wildman–Crippen LogP) is 4.20. The van der Waals surface area contributed by atoms with Gasteiger partial charge in [-0.05, 0) is 24.0 Å². The fourth-order valence-electron chi connectivity index (χ4n) is 3.05. The van der Waals surface area contributed by atoms with Gasteiger partial charge in [0, 0.05) is 0 Å². The van der Waals surface area contributed by atoms with Crippen LogP contribution in [-0.2, 0) is 40.5 Å². The van der Waals surface area contributed by atoms with E-state index in [2.05, 4.69) is 62.0 Å². The summed E-state index contributed by atoms with van der Waals surface area (Å²) in [5, 5.41) is 0. The Morgan fingerprint density at radius 2 is 1.11 bits per heavy atom. The van der Waals surface area contributed by atoms with Crippen molar-refractivity contribution >= 4 is 21.3 Å². The molecular weight excluding hydrogens is 454 g/mol. The van der Waals surface area contributed by atoms with Crippen molar-refractivity contribution in [3.63, 3.8) is 0 Å². The summed E-state index contributed by atoms with van der Waals surface area (Å²) in [5.41, 5.74) is 2.54. The van der Waals surface area contributed by atoms with Crippen molar-refractivity contribution < 1.29 is 27.7 Å². The Balaban J connectivity index is 0.000000844. The van der Waals surface area contributed by atoms with Crippen molar-refractivity contribution in [2.75, 3.05) is 13.2 Å². The zero-order valence-corrected chi connectivity index (χ0v) is 17.5. The van der Waals surface area contributed by atoms with Crippen LogP contribution in [0.1, 0.15) is 11.1 Å². The zero-order valence-electron chi connectivity index (χ0n) is 15.2. The minimum atomic E-state index is 0. The van der Waals surface area contributed by atoms with E-state index in [1.54, 1.807) is 0 Å². The molecule has 6 heteroatoms. The first kappa shape index (κ1) is 21.6. The average molecular weight is 477 g/mol. The molecule has 0 aliphatic carbocycles. The van der Waals surface area contributed by atoms with E-state index in [1.807, 2.05) is 36.4 Å². The third-order valence-electron chi connectivity index (χ3n) is 4.24. The third-order valence-corrected chi connectivity index (χ3v) is 4.24. The first-order valence-corrected chi connectivity index (χ1v) is 10.5. The Labute approximate surface area is 176 Å². The molecule has 0 bridgehead atoms. The van der Waals surface area contributed by atoms with Crippen LogP contribution in [0.5, 0.6) is 0 Å². The smallest absolute Gasteiger partial charge is 0.273 e. The van der Waals surface area contributed by atoms with Crippen molar-refractivity contribution in [3.05, 3.63) is 79.2 Å². The molecule has 4 rings (SSSR count). The first-order valence-electron chi connectivity index (χ1n) is 8.48. The molecule has 0 radical (unpaired) electrons. The summed E-state index contributed by atoms with van der Waals surface area (Å²) in [5.74, 6) is 1.12. The van der Waals surface area contributed by atoms with Gasteiger partial charge in [-0.25, -0.2) is 9.98 Å². The van der Waals surface area contributed by atoms with Crippen LogP contribution in [0.15, 0.2) is 70.6 Å². The van der Waals surface area contributed by atoms with E-state index in [4.69, 9.17) is 9.47 Å². The number of hydrogen-bond donors (Lipinski definition) is 0. The molecule has 2 aliphatic heterocycles. The van der Waals surface area contributed by atoms with Crippen molar-refractivity contribution in [1.29, 1.82) is 0 Å².